The van der Waals surface area contributed by atoms with Crippen LogP contribution < -0.4 is 0 Å². The van der Waals surface area contributed by atoms with Crippen LogP contribution in [0.1, 0.15) is 38.7 Å². The van der Waals surface area contributed by atoms with Crippen LogP contribution in [-0.2, 0) is 20.7 Å². The van der Waals surface area contributed by atoms with Crippen molar-refractivity contribution in [1.82, 2.24) is 4.90 Å². The van der Waals surface area contributed by atoms with Gasteiger partial charge in [0.25, 0.3) is 0 Å². The monoisotopic (exact) mass is 383 g/mol. The zero-order chi connectivity index (χ0) is 17.2. The van der Waals surface area contributed by atoms with Crippen molar-refractivity contribution in [2.24, 2.45) is 5.92 Å². The molecule has 1 aromatic carbocycles. The normalized spacial score (nSPS) is 11.8. The first kappa shape index (κ1) is 19.7. The molecule has 1 rings (SSSR count). The third-order valence-electron chi connectivity index (χ3n) is 3.85. The Bertz CT molecular complexity index is 501. The van der Waals surface area contributed by atoms with Crippen LogP contribution in [0.25, 0.3) is 0 Å². The molecule has 1 atom stereocenters. The highest BCUT2D eigenvalue weighted by Crippen LogP contribution is 2.13. The summed E-state index contributed by atoms with van der Waals surface area (Å²) in [5.41, 5.74) is 1.28. The fourth-order valence-corrected chi connectivity index (χ4v) is 2.69. The number of hydrogen-bond donors (Lipinski definition) is 0. The molecule has 0 N–H and O–H groups in total. The third kappa shape index (κ3) is 7.16. The summed E-state index contributed by atoms with van der Waals surface area (Å²) < 4.78 is 5.79. The number of aryl methyl sites for hydroxylation is 1. The van der Waals surface area contributed by atoms with Crippen LogP contribution in [0, 0.1) is 5.92 Å². The highest BCUT2D eigenvalue weighted by molar-refractivity contribution is 9.10. The second kappa shape index (κ2) is 10.4. The Morgan fingerprint density at radius 3 is 2.43 bits per heavy atom. The summed E-state index contributed by atoms with van der Waals surface area (Å²) in [6.45, 7) is 4.76. The van der Waals surface area contributed by atoms with Crippen molar-refractivity contribution >= 4 is 27.8 Å². The number of esters is 1. The molecule has 0 saturated heterocycles. The smallest absolute Gasteiger partial charge is 0.310 e. The minimum atomic E-state index is -0.285. The van der Waals surface area contributed by atoms with Gasteiger partial charge < -0.3 is 9.64 Å². The molecule has 0 heterocycles. The van der Waals surface area contributed by atoms with Gasteiger partial charge in [0.1, 0.15) is 0 Å². The van der Waals surface area contributed by atoms with Gasteiger partial charge in [0.15, 0.2) is 0 Å². The molecule has 23 heavy (non-hydrogen) atoms. The summed E-state index contributed by atoms with van der Waals surface area (Å²) in [5.74, 6) is -0.447. The maximum atomic E-state index is 12.2. The molecule has 1 unspecified atom stereocenters. The van der Waals surface area contributed by atoms with Crippen LogP contribution in [0.4, 0.5) is 0 Å². The largest absolute Gasteiger partial charge is 0.469 e. The zero-order valence-corrected chi connectivity index (χ0v) is 15.8. The molecular weight excluding hydrogens is 358 g/mol. The minimum absolute atomic E-state index is 0.110. The van der Waals surface area contributed by atoms with E-state index in [2.05, 4.69) is 28.1 Å². The minimum Gasteiger partial charge on any atom is -0.469 e. The number of methoxy groups -OCH3 is 1. The summed E-state index contributed by atoms with van der Waals surface area (Å²) in [4.78, 5) is 25.4. The van der Waals surface area contributed by atoms with Crippen LogP contribution in [-0.4, -0.2) is 37.0 Å². The Kier molecular flexibility index (Phi) is 8.92. The molecule has 0 aliphatic rings. The number of benzene rings is 1. The number of rotatable bonds is 9. The van der Waals surface area contributed by atoms with Gasteiger partial charge in [-0.3, -0.25) is 9.59 Å². The van der Waals surface area contributed by atoms with Crippen molar-refractivity contribution in [2.45, 2.75) is 39.5 Å². The van der Waals surface area contributed by atoms with E-state index >= 15 is 0 Å². The predicted octanol–water partition coefficient (Wildman–Crippen LogP) is 3.82. The lowest BCUT2D eigenvalue weighted by Crippen LogP contribution is -2.37. The maximum absolute atomic E-state index is 12.2. The molecule has 1 aromatic rings. The van der Waals surface area contributed by atoms with E-state index in [0.717, 1.165) is 23.7 Å². The van der Waals surface area contributed by atoms with Gasteiger partial charge in [-0.05, 0) is 43.9 Å². The Labute approximate surface area is 147 Å². The molecule has 0 radical (unpaired) electrons. The fraction of sp³-hybridized carbons (Fsp3) is 0.556. The van der Waals surface area contributed by atoms with Crippen molar-refractivity contribution < 1.29 is 14.3 Å². The van der Waals surface area contributed by atoms with E-state index in [1.165, 1.54) is 12.7 Å². The van der Waals surface area contributed by atoms with Gasteiger partial charge in [0, 0.05) is 24.0 Å². The number of amides is 1. The van der Waals surface area contributed by atoms with E-state index in [4.69, 9.17) is 4.74 Å². The van der Waals surface area contributed by atoms with Gasteiger partial charge in [-0.15, -0.1) is 0 Å². The lowest BCUT2D eigenvalue weighted by molar-refractivity contribution is -0.146. The van der Waals surface area contributed by atoms with E-state index in [0.29, 0.717) is 19.5 Å². The molecule has 0 aliphatic heterocycles. The molecule has 0 spiro atoms. The molecule has 128 valence electrons. The molecular formula is C18H26BrNO3. The second-order valence-electron chi connectivity index (χ2n) is 5.69. The van der Waals surface area contributed by atoms with Crippen molar-refractivity contribution in [3.8, 4) is 0 Å². The summed E-state index contributed by atoms with van der Waals surface area (Å²) in [5, 5.41) is 0. The van der Waals surface area contributed by atoms with Crippen molar-refractivity contribution in [1.29, 1.82) is 0 Å². The molecule has 5 heteroatoms. The number of hydrogen-bond acceptors (Lipinski definition) is 3. The highest BCUT2D eigenvalue weighted by atomic mass is 79.9. The molecule has 1 amide bonds. The van der Waals surface area contributed by atoms with E-state index < -0.39 is 0 Å². The fourth-order valence-electron chi connectivity index (χ4n) is 2.43. The predicted molar refractivity (Wildman–Crippen MR) is 95.1 cm³/mol. The summed E-state index contributed by atoms with van der Waals surface area (Å²) in [7, 11) is 1.37. The van der Waals surface area contributed by atoms with E-state index in [1.54, 1.807) is 11.8 Å². The van der Waals surface area contributed by atoms with Gasteiger partial charge in [0.05, 0.1) is 13.0 Å². The van der Waals surface area contributed by atoms with Gasteiger partial charge in [0.2, 0.25) is 5.91 Å². The highest BCUT2D eigenvalue weighted by Gasteiger charge is 2.19. The Balaban J connectivity index is 2.33. The van der Waals surface area contributed by atoms with Crippen LogP contribution in [0.2, 0.25) is 0 Å². The number of ether oxygens (including phenoxy) is 1. The summed E-state index contributed by atoms with van der Waals surface area (Å²) >= 11 is 3.42. The Morgan fingerprint density at radius 2 is 1.87 bits per heavy atom. The number of carbonyl (C=O) groups is 2. The van der Waals surface area contributed by atoms with Gasteiger partial charge in [-0.1, -0.05) is 35.0 Å². The van der Waals surface area contributed by atoms with Crippen LogP contribution in [0.15, 0.2) is 28.7 Å². The quantitative estimate of drug-likeness (QED) is 0.480. The van der Waals surface area contributed by atoms with E-state index in [1.807, 2.05) is 19.1 Å². The van der Waals surface area contributed by atoms with E-state index in [-0.39, 0.29) is 17.8 Å². The SMILES string of the molecule is CCN(CC(C)C(=O)OC)C(=O)CCCCc1ccc(Br)cc1. The van der Waals surface area contributed by atoms with Gasteiger partial charge in [-0.2, -0.15) is 0 Å². The lowest BCUT2D eigenvalue weighted by atomic mass is 10.1. The second-order valence-corrected chi connectivity index (χ2v) is 6.61. The first-order valence-electron chi connectivity index (χ1n) is 8.08. The average molecular weight is 384 g/mol. The first-order valence-corrected chi connectivity index (χ1v) is 8.87. The van der Waals surface area contributed by atoms with Crippen molar-refractivity contribution in [3.05, 3.63) is 34.3 Å². The zero-order valence-electron chi connectivity index (χ0n) is 14.2. The average Bonchev–Trinajstić information content (AvgIpc) is 2.56. The van der Waals surface area contributed by atoms with Crippen LogP contribution >= 0.6 is 15.9 Å². The van der Waals surface area contributed by atoms with E-state index in [9.17, 15) is 9.59 Å². The van der Waals surface area contributed by atoms with Crippen LogP contribution in [0.5, 0.6) is 0 Å². The Morgan fingerprint density at radius 1 is 1.22 bits per heavy atom. The molecule has 0 aromatic heterocycles. The summed E-state index contributed by atoms with van der Waals surface area (Å²) in [6, 6.07) is 8.27. The molecule has 4 nitrogen and oxygen atoms in total. The Hall–Kier alpha value is -1.36. The van der Waals surface area contributed by atoms with Crippen molar-refractivity contribution in [2.75, 3.05) is 20.2 Å². The van der Waals surface area contributed by atoms with Crippen LogP contribution in [0.3, 0.4) is 0 Å². The number of unbranched alkanes of at least 4 members (excludes halogenated alkanes) is 1. The first-order chi connectivity index (χ1) is 11.0. The molecule has 0 aliphatic carbocycles. The topological polar surface area (TPSA) is 46.6 Å². The maximum Gasteiger partial charge on any atom is 0.310 e. The lowest BCUT2D eigenvalue weighted by Gasteiger charge is -2.23. The third-order valence-corrected chi connectivity index (χ3v) is 4.38. The molecule has 0 bridgehead atoms. The number of halogens is 1. The molecule has 0 fully saturated rings. The molecule has 0 saturated carbocycles. The van der Waals surface area contributed by atoms with Gasteiger partial charge >= 0.3 is 5.97 Å². The van der Waals surface area contributed by atoms with Crippen molar-refractivity contribution in [3.63, 3.8) is 0 Å². The standard InChI is InChI=1S/C18H26BrNO3/c1-4-20(13-14(2)18(22)23-3)17(21)8-6-5-7-15-9-11-16(19)12-10-15/h9-12,14H,4-8,13H2,1-3H3. The summed E-state index contributed by atoms with van der Waals surface area (Å²) in [6.07, 6.45) is 3.35. The number of nitrogens with zero attached hydrogens (tertiary/aromatic N) is 1. The van der Waals surface area contributed by atoms with Gasteiger partial charge in [-0.25, -0.2) is 0 Å². The number of carbonyl (C=O) groups excluding carboxylic acids is 2.